The molecule has 0 spiro atoms. The van der Waals surface area contributed by atoms with Crippen molar-refractivity contribution in [2.45, 2.75) is 284 Å². The number of ether oxygens (including phenoxy) is 13. The van der Waals surface area contributed by atoms with Crippen molar-refractivity contribution in [3.63, 3.8) is 0 Å². The van der Waals surface area contributed by atoms with Crippen LogP contribution in [0.2, 0.25) is 0 Å². The Bertz CT molecular complexity index is 4760. The summed E-state index contributed by atoms with van der Waals surface area (Å²) < 4.78 is 78.3. The third kappa shape index (κ3) is 18.9. The van der Waals surface area contributed by atoms with Crippen LogP contribution in [0.5, 0.6) is 0 Å². The minimum absolute atomic E-state index is 0.0798. The molecule has 0 aromatic heterocycles. The lowest BCUT2D eigenvalue weighted by Crippen LogP contribution is -2.49. The molecule has 20 bridgehead atoms. The van der Waals surface area contributed by atoms with Crippen LogP contribution in [0.3, 0.4) is 0 Å². The molecular formula is C114H169NO29S. The Morgan fingerprint density at radius 3 is 1.02 bits per heavy atom. The number of carbonyl (C=O) groups is 12. The van der Waals surface area contributed by atoms with E-state index in [1.807, 2.05) is 55.4 Å². The first-order valence-corrected chi connectivity index (χ1v) is 57.7. The molecule has 2 heterocycles. The SMILES string of the molecule is CC(C)COC(C)OC(=O)C1C2CC(C1C(=O)O)C1C3CC(C(C)C3C)C21.CC1C(C)C2CC1C1C3CC(C(C(=O)OC(C)(C)C)C3C(=O)NSOOC3CCCCC3)C21.CCOC(C)OC(=O)C1C2CC(C1C(=O)O)C1C3CC(C(C)C3C)C21.CCOCOC(=O)C1C2CC(C1C(=O)OC1CCOC1=O)C1C3CC(C(C)C3C)C21.CCOCOC(=O)C1C2CC(C1C(=O)OC1COC(=O)C1)C1C3CC(C(C)C3C)C21. The number of aliphatic carboxylic acids is 2. The molecule has 23 fully saturated rings. The number of hydrogen-bond donors (Lipinski definition) is 3. The van der Waals surface area contributed by atoms with E-state index in [9.17, 15) is 67.7 Å². The number of amides is 1. The Kier molecular flexibility index (Phi) is 31.5. The number of rotatable bonds is 29. The van der Waals surface area contributed by atoms with Crippen molar-refractivity contribution in [3.05, 3.63) is 0 Å². The van der Waals surface area contributed by atoms with Crippen LogP contribution < -0.4 is 4.72 Å². The Morgan fingerprint density at radius 2 is 0.703 bits per heavy atom. The summed E-state index contributed by atoms with van der Waals surface area (Å²) in [6, 6.07) is 0. The molecule has 54 unspecified atom stereocenters. The predicted molar refractivity (Wildman–Crippen MR) is 523 cm³/mol. The second kappa shape index (κ2) is 42.7. The van der Waals surface area contributed by atoms with Gasteiger partial charge in [0.2, 0.25) is 12.0 Å². The summed E-state index contributed by atoms with van der Waals surface area (Å²) in [7, 11) is 0. The van der Waals surface area contributed by atoms with Crippen molar-refractivity contribution in [2.75, 3.05) is 53.2 Å². The molecule has 1 amide bonds. The van der Waals surface area contributed by atoms with Gasteiger partial charge in [-0.25, -0.2) is 9.68 Å². The van der Waals surface area contributed by atoms with E-state index >= 15 is 0 Å². The average Bonchev–Trinajstić information content (AvgIpc) is 1.54. The van der Waals surface area contributed by atoms with Gasteiger partial charge < -0.3 is 71.8 Å². The molecule has 23 rings (SSSR count). The standard InChI is InChI=1S/C26H41NO5S.2C23H32O7.C22H34O5.C20H30O5/c1-13-14(2)17-11-16(13)20-18-12-19(21(17)20)23(25(29)30-26(3,4)5)22(18)24(28)27-33-32-31-15-9-7-6-8-10-15;1-4-27-9-29-22(25)20-15-7-16(19-14-6-13(18(15)19)10(2)11(14)3)21(20)23(26)30-12-5-17(24)28-8-12;1-4-27-9-29-22(25)19-14-8-15(18-13-7-12(17(14)18)10(2)11(13)3)20(19)23(26)30-16-5-6-28-21(16)24;1-9(2)8-26-12(5)27-22(25)20-16-7-15(19(20)21(23)24)17-13-6-14(18(16)17)11(4)10(13)3;1-5-24-10(4)25-20(23)18-14-7-13(17(18)19(21)22)15-11-6-12(16(14)15)9(3)8(11)2/h13-23H,6-12H2,1-5H3,(H,27,28);10-16,18-21H,4-9H2,1-3H3;10-20H,4-9H2,1-3H3;9-20H,6-8H2,1-5H3,(H,23,24);8-18H,5-7H2,1-4H3,(H,21,22). The molecule has 30 nitrogen and oxygen atoms in total. The maximum Gasteiger partial charge on any atom is 0.347 e. The summed E-state index contributed by atoms with van der Waals surface area (Å²) in [5, 5.41) is 19.8. The molecule has 810 valence electrons. The number of fused-ring (bicyclic) bond motifs is 45. The second-order valence-electron chi connectivity index (χ2n) is 51.6. The number of carboxylic acid groups (broad SMARTS) is 2. The van der Waals surface area contributed by atoms with Crippen LogP contribution in [0.15, 0.2) is 0 Å². The molecule has 21 saturated carbocycles. The van der Waals surface area contributed by atoms with E-state index in [-0.39, 0.29) is 158 Å². The summed E-state index contributed by atoms with van der Waals surface area (Å²) in [6.07, 6.45) is 14.3. The summed E-state index contributed by atoms with van der Waals surface area (Å²) in [6.45, 7) is 44.5. The molecule has 2 aliphatic heterocycles. The molecule has 21 aliphatic carbocycles. The molecule has 54 atom stereocenters. The van der Waals surface area contributed by atoms with E-state index in [1.54, 1.807) is 13.8 Å². The Labute approximate surface area is 861 Å². The fourth-order valence-corrected chi connectivity index (χ4v) is 39.9. The number of carboxylic acids is 2. The molecule has 3 N–H and O–H groups in total. The van der Waals surface area contributed by atoms with Gasteiger partial charge in [0.1, 0.15) is 18.3 Å². The molecule has 0 aromatic carbocycles. The summed E-state index contributed by atoms with van der Waals surface area (Å²) >= 11 is 0.864. The van der Waals surface area contributed by atoms with E-state index in [4.69, 9.17) is 70.8 Å². The first-order chi connectivity index (χ1) is 69.1. The van der Waals surface area contributed by atoms with Crippen LogP contribution in [0.25, 0.3) is 0 Å². The Hall–Kier alpha value is -6.25. The highest BCUT2D eigenvalue weighted by molar-refractivity contribution is 7.93. The van der Waals surface area contributed by atoms with E-state index in [0.717, 1.165) is 70.0 Å². The van der Waals surface area contributed by atoms with Crippen molar-refractivity contribution >= 4 is 83.8 Å². The number of carbonyl (C=O) groups excluding carboxylic acids is 10. The molecule has 145 heavy (non-hydrogen) atoms. The second-order valence-corrected chi connectivity index (χ2v) is 52.1. The summed E-state index contributed by atoms with van der Waals surface area (Å²) in [5.74, 6) is 11.0. The number of esters is 9. The van der Waals surface area contributed by atoms with Gasteiger partial charge in [-0.15, -0.1) is 4.33 Å². The normalized spacial score (nSPS) is 47.6. The first-order valence-electron chi connectivity index (χ1n) is 56.9. The first kappa shape index (κ1) is 107. The quantitative estimate of drug-likeness (QED) is 0.00720. The summed E-state index contributed by atoms with van der Waals surface area (Å²) in [5.41, 5.74) is -0.554. The lowest BCUT2D eigenvalue weighted by Gasteiger charge is -2.45. The molecule has 0 radical (unpaired) electrons. The third-order valence-electron chi connectivity index (χ3n) is 44.9. The number of cyclic esters (lactones) is 2. The van der Waals surface area contributed by atoms with Crippen molar-refractivity contribution in [3.8, 4) is 0 Å². The minimum atomic E-state index is -0.841. The molecular weight excluding hydrogens is 1880 g/mol. The lowest BCUT2D eigenvalue weighted by atomic mass is 9.59. The predicted octanol–water partition coefficient (Wildman–Crippen LogP) is 16.9. The summed E-state index contributed by atoms with van der Waals surface area (Å²) in [4.78, 5) is 158. The highest BCUT2D eigenvalue weighted by Crippen LogP contribution is 2.79. The van der Waals surface area contributed by atoms with Crippen molar-refractivity contribution in [1.29, 1.82) is 0 Å². The highest BCUT2D eigenvalue weighted by atomic mass is 32.2. The molecule has 23 aliphatic rings. The topological polar surface area (TPSA) is 396 Å². The van der Waals surface area contributed by atoms with E-state index in [2.05, 4.69) is 74.0 Å². The van der Waals surface area contributed by atoms with Crippen LogP contribution >= 0.6 is 12.2 Å². The maximum atomic E-state index is 13.4. The van der Waals surface area contributed by atoms with Gasteiger partial charge in [0.05, 0.1) is 84.9 Å². The average molecular weight is 2050 g/mol. The van der Waals surface area contributed by atoms with Gasteiger partial charge in [0, 0.05) is 26.2 Å². The van der Waals surface area contributed by atoms with Crippen LogP contribution in [-0.2, 0) is 128 Å². The van der Waals surface area contributed by atoms with E-state index in [1.165, 1.54) is 38.5 Å². The van der Waals surface area contributed by atoms with E-state index < -0.39 is 102 Å². The van der Waals surface area contributed by atoms with Gasteiger partial charge >= 0.3 is 65.7 Å². The zero-order valence-corrected chi connectivity index (χ0v) is 90.2. The minimum Gasteiger partial charge on any atom is -0.481 e. The van der Waals surface area contributed by atoms with Crippen molar-refractivity contribution in [2.24, 2.45) is 302 Å². The third-order valence-corrected chi connectivity index (χ3v) is 45.4. The van der Waals surface area contributed by atoms with Gasteiger partial charge in [-0.1, -0.05) is 102 Å². The smallest absolute Gasteiger partial charge is 0.347 e. The monoisotopic (exact) mass is 2050 g/mol. The van der Waals surface area contributed by atoms with Crippen LogP contribution in [0.1, 0.15) is 248 Å². The number of nitrogens with one attached hydrogen (secondary N) is 1. The van der Waals surface area contributed by atoms with Crippen LogP contribution in [0.4, 0.5) is 0 Å². The zero-order valence-electron chi connectivity index (χ0n) is 89.3. The van der Waals surface area contributed by atoms with Crippen LogP contribution in [0, 0.1) is 302 Å². The highest BCUT2D eigenvalue weighted by Gasteiger charge is 2.78. The fraction of sp³-hybridized carbons (Fsp3) is 0.895. The van der Waals surface area contributed by atoms with Crippen molar-refractivity contribution < 1.29 is 139 Å². The van der Waals surface area contributed by atoms with Gasteiger partial charge in [0.15, 0.2) is 38.4 Å². The maximum absolute atomic E-state index is 13.4. The van der Waals surface area contributed by atoms with E-state index in [0.29, 0.717) is 216 Å². The lowest BCUT2D eigenvalue weighted by molar-refractivity contribution is -0.238. The van der Waals surface area contributed by atoms with Crippen LogP contribution in [-0.4, -0.2) is 172 Å². The van der Waals surface area contributed by atoms with Gasteiger partial charge in [-0.3, -0.25) is 57.5 Å². The Morgan fingerprint density at radius 1 is 0.379 bits per heavy atom. The zero-order chi connectivity index (χ0) is 103. The largest absolute Gasteiger partial charge is 0.481 e. The van der Waals surface area contributed by atoms with Crippen molar-refractivity contribution in [1.82, 2.24) is 4.72 Å². The number of hydrogen-bond acceptors (Lipinski definition) is 28. The molecule has 2 saturated heterocycles. The van der Waals surface area contributed by atoms with Gasteiger partial charge in [-0.05, 0) is 375 Å². The molecule has 31 heteroatoms. The molecule has 0 aromatic rings. The Balaban J connectivity index is 0.000000115. The van der Waals surface area contributed by atoms with Gasteiger partial charge in [-0.2, -0.15) is 0 Å². The van der Waals surface area contributed by atoms with Gasteiger partial charge in [0.25, 0.3) is 0 Å². The fourth-order valence-electron chi connectivity index (χ4n) is 39.5.